The first kappa shape index (κ1) is 4.55. The van der Waals surface area contributed by atoms with Crippen LogP contribution in [0.4, 0.5) is 5.69 Å². The molecule has 1 saturated heterocycles. The lowest BCUT2D eigenvalue weighted by molar-refractivity contribution is -0.120. The van der Waals surface area contributed by atoms with Crippen molar-refractivity contribution >= 4 is 22.9 Å². The van der Waals surface area contributed by atoms with Crippen molar-refractivity contribution in [2.24, 2.45) is 0 Å². The molecule has 0 saturated carbocycles. The second-order valence-corrected chi connectivity index (χ2v) is 5.30. The third-order valence-electron chi connectivity index (χ3n) is 2.91. The average molecular weight is 417 g/mol. The van der Waals surface area contributed by atoms with E-state index in [9.17, 15) is 10.3 Å². The Morgan fingerprint density at radius 3 is 2.85 bits per heavy atom. The minimum atomic E-state index is -5.39. The maximum absolute atomic E-state index is 14.5. The molecule has 2 heterocycles. The molecule has 0 spiro atoms. The van der Waals surface area contributed by atoms with Crippen molar-refractivity contribution in [3.8, 4) is 0 Å². The fourth-order valence-electron chi connectivity index (χ4n) is 1.85. The van der Waals surface area contributed by atoms with E-state index in [1.54, 1.807) is 0 Å². The Kier molecular flexibility index (Phi) is 1.60. The molecule has 1 aliphatic heterocycles. The van der Waals surface area contributed by atoms with Crippen molar-refractivity contribution in [2.75, 3.05) is 38.0 Å². The average Bonchev–Trinajstić information content (AvgIpc) is 3.26. The molecule has 0 N–H and O–H groups in total. The molecule has 1 aromatic heterocycles. The number of benzene rings is 1. The molecule has 0 bridgehead atoms. The molecular formula is C22H30N2O2S. The smallest absolute Gasteiger partial charge is 0.227 e. The molecule has 1 aliphatic rings. The van der Waals surface area contributed by atoms with Gasteiger partial charge in [0.25, 0.3) is 0 Å². The number of rotatable bonds is 8. The number of thiophene rings is 1. The molecule has 3 rings (SSSR count). The first-order valence-corrected chi connectivity index (χ1v) is 7.68. The van der Waals surface area contributed by atoms with E-state index >= 15 is 0 Å². The van der Waals surface area contributed by atoms with Gasteiger partial charge in [-0.2, -0.15) is 0 Å². The summed E-state index contributed by atoms with van der Waals surface area (Å²) in [6.45, 7) is -24.0. The lowest BCUT2D eigenvalue weighted by Crippen LogP contribution is -2.60. The van der Waals surface area contributed by atoms with Crippen LogP contribution in [0.5, 0.6) is 0 Å². The van der Waals surface area contributed by atoms with Crippen molar-refractivity contribution in [1.82, 2.24) is 4.90 Å². The number of anilines is 1. The van der Waals surface area contributed by atoms with E-state index in [1.165, 1.54) is 0 Å². The molecule has 27 heavy (non-hydrogen) atoms. The molecule has 0 atom stereocenters. The van der Waals surface area contributed by atoms with Gasteiger partial charge in [-0.25, -0.2) is 0 Å². The first-order chi connectivity index (χ1) is 24.9. The van der Waals surface area contributed by atoms with Crippen LogP contribution in [0.15, 0.2) is 47.7 Å². The van der Waals surface area contributed by atoms with Gasteiger partial charge >= 0.3 is 0 Å². The number of hydrogen-bond acceptors (Lipinski definition) is 4. The van der Waals surface area contributed by atoms with E-state index in [-0.39, 0.29) is 11.3 Å². The quantitative estimate of drug-likeness (QED) is 0.646. The van der Waals surface area contributed by atoms with Crippen LogP contribution in [0.25, 0.3) is 0 Å². The van der Waals surface area contributed by atoms with E-state index in [1.807, 2.05) is 0 Å². The van der Waals surface area contributed by atoms with Crippen LogP contribution in [0.1, 0.15) is 72.0 Å². The molecule has 4 nitrogen and oxygen atoms in total. The van der Waals surface area contributed by atoms with E-state index in [0.717, 1.165) is 0 Å². The fraction of sp³-hybridized carbons (Fsp3) is 0.500. The SMILES string of the molecule is [2H]c1sc(C([2H])([2H])C([2H])([2H])N2C([2H])([2H])C([2H])([2H])C(N(C(=O)C([2H])([2H])C([2H])([2H])[2H])c3c([2H])c([2H])c([2H])c([2H])c3[2H])(C([2H])([2H])OC([2H])([2H])[2H])C([2H])([2H])C2([2H])[2H])c([2H])c1[2H]. The predicted octanol–water partition coefficient (Wildman–Crippen LogP) is 4.21. The van der Waals surface area contributed by atoms with Gasteiger partial charge < -0.3 is 14.5 Å². The Morgan fingerprint density at radius 1 is 1.37 bits per heavy atom. The summed E-state index contributed by atoms with van der Waals surface area (Å²) >= 11 is -0.0979. The van der Waals surface area contributed by atoms with E-state index < -0.39 is 145 Å². The molecule has 2 aromatic rings. The molecule has 146 valence electrons. The summed E-state index contributed by atoms with van der Waals surface area (Å²) in [6.07, 6.45) is -19.2. The molecule has 1 aromatic carbocycles. The lowest BCUT2D eigenvalue weighted by atomic mass is 9.85. The molecule has 1 fully saturated rings. The number of aryl methyl sites for hydroxylation is 1. The van der Waals surface area contributed by atoms with E-state index in [4.69, 9.17) is 35.6 Å². The van der Waals surface area contributed by atoms with Crippen molar-refractivity contribution in [2.45, 2.75) is 37.9 Å². The normalized spacial score (nSPS) is 43.7. The zero-order valence-electron chi connectivity index (χ0n) is 43.1. The van der Waals surface area contributed by atoms with Gasteiger partial charge in [-0.1, -0.05) is 31.0 Å². The lowest BCUT2D eigenvalue weighted by Gasteiger charge is -2.48. The van der Waals surface area contributed by atoms with Gasteiger partial charge in [0, 0.05) is 66.8 Å². The highest BCUT2D eigenvalue weighted by atomic mass is 32.1. The second-order valence-electron chi connectivity index (χ2n) is 4.48. The minimum absolute atomic E-state index is 0.0979. The van der Waals surface area contributed by atoms with E-state index in [2.05, 4.69) is 4.74 Å². The monoisotopic (exact) mass is 416 g/mol. The number of methoxy groups -OCH3 is 1. The summed E-state index contributed by atoms with van der Waals surface area (Å²) < 4.78 is 257. The number of nitrogens with zero attached hydrogens (tertiary/aromatic N) is 2. The molecule has 0 unspecified atom stereocenters. The zero-order valence-corrected chi connectivity index (χ0v) is 13.9. The molecular weight excluding hydrogens is 356 g/mol. The maximum atomic E-state index is 14.5. The summed E-state index contributed by atoms with van der Waals surface area (Å²) in [7, 11) is -4.30. The Morgan fingerprint density at radius 2 is 2.19 bits per heavy atom. The maximum Gasteiger partial charge on any atom is 0.227 e. The van der Waals surface area contributed by atoms with Crippen LogP contribution in [-0.2, 0) is 15.9 Å². The van der Waals surface area contributed by atoms with Crippen molar-refractivity contribution in [3.63, 3.8) is 0 Å². The highest BCUT2D eigenvalue weighted by Gasteiger charge is 2.42. The number of piperidine rings is 1. The number of hydrogen-bond donors (Lipinski definition) is 0. The Labute approximate surface area is 208 Å². The summed E-state index contributed by atoms with van der Waals surface area (Å²) in [5, 5.41) is -0.879. The second kappa shape index (κ2) is 9.49. The van der Waals surface area contributed by atoms with Gasteiger partial charge in [0.05, 0.1) is 29.9 Å². The first-order valence-electron chi connectivity index (χ1n) is 21.9. The van der Waals surface area contributed by atoms with Gasteiger partial charge in [0.2, 0.25) is 5.91 Å². The van der Waals surface area contributed by atoms with Gasteiger partial charge in [0.15, 0.2) is 0 Å². The van der Waals surface area contributed by atoms with Crippen LogP contribution in [-0.4, -0.2) is 49.4 Å². The topological polar surface area (TPSA) is 32.8 Å². The predicted molar refractivity (Wildman–Crippen MR) is 113 cm³/mol. The number of carbonyl (C=O) groups is 1. The molecule has 0 aliphatic carbocycles. The third kappa shape index (κ3) is 4.78. The number of ether oxygens (including phenoxy) is 1. The number of likely N-dealkylation sites (tertiary alicyclic amines) is 1. The number of amides is 1. The molecule has 0 radical (unpaired) electrons. The van der Waals surface area contributed by atoms with Crippen LogP contribution in [0.2, 0.25) is 0 Å². The zero-order chi connectivity index (χ0) is 45.4. The molecule has 1 amide bonds. The standard InChI is InChI=1S/C22H30N2O2S/c1-3-21(25)24(19-8-5-4-6-9-19)22(18-26-2)12-15-23(16-13-22)14-11-20-10-7-17-27-20/h4-10,17H,3,11-16,18H2,1-2H3/i1D3,2D3,3D2,4D,5D,6D,7D,8D,9D,10D,11D2,12D2,13D2,14D2,15D2,16D2,17D,18D2. The Hall–Kier alpha value is -1.69. The summed E-state index contributed by atoms with van der Waals surface area (Å²) in [6, 6.07) is -10.4. The van der Waals surface area contributed by atoms with Crippen molar-refractivity contribution in [1.29, 1.82) is 0 Å². The van der Waals surface area contributed by atoms with Gasteiger partial charge in [0.1, 0.15) is 0 Å². The Balaban J connectivity index is 2.85. The van der Waals surface area contributed by atoms with Gasteiger partial charge in [-0.15, -0.1) is 11.3 Å². The van der Waals surface area contributed by atoms with Crippen LogP contribution in [0.3, 0.4) is 0 Å². The summed E-state index contributed by atoms with van der Waals surface area (Å²) in [4.78, 5) is 11.0. The van der Waals surface area contributed by atoms with E-state index in [0.29, 0.717) is 0 Å². The Bertz CT molecular complexity index is 1890. The van der Waals surface area contributed by atoms with Gasteiger partial charge in [-0.3, -0.25) is 4.79 Å². The minimum Gasteiger partial charge on any atom is -0.382 e. The van der Waals surface area contributed by atoms with Crippen molar-refractivity contribution in [3.05, 3.63) is 52.5 Å². The summed E-state index contributed by atoms with van der Waals surface area (Å²) in [5.41, 5.74) is -7.46. The molecule has 5 heteroatoms. The highest BCUT2D eigenvalue weighted by molar-refractivity contribution is 7.09. The van der Waals surface area contributed by atoms with Crippen LogP contribution < -0.4 is 4.90 Å². The highest BCUT2D eigenvalue weighted by Crippen LogP contribution is 2.34. The number of carbonyl (C=O) groups excluding carboxylic acids is 1. The number of para-hydroxylation sites is 1. The van der Waals surface area contributed by atoms with Crippen LogP contribution in [0, 0.1) is 0 Å². The van der Waals surface area contributed by atoms with Crippen molar-refractivity contribution < 1.29 is 50.7 Å². The largest absolute Gasteiger partial charge is 0.382 e. The third-order valence-corrected chi connectivity index (χ3v) is 3.53. The van der Waals surface area contributed by atoms with Crippen LogP contribution >= 0.6 is 11.3 Å². The van der Waals surface area contributed by atoms with Gasteiger partial charge in [-0.05, 0) is 42.6 Å². The fourth-order valence-corrected chi connectivity index (χ4v) is 2.25. The summed E-state index contributed by atoms with van der Waals surface area (Å²) in [5.74, 6) is -3.02.